The number of aryl methyl sites for hydroxylation is 1. The molecule has 0 spiro atoms. The molecule has 1 amide bonds. The van der Waals surface area contributed by atoms with Gasteiger partial charge in [0.05, 0.1) is 11.3 Å². The normalized spacial score (nSPS) is 15.7. The average Bonchev–Trinajstić information content (AvgIpc) is 2.91. The SMILES string of the molecule is Cc1cccc(NC(=O)C2Cc3ccccc3N2)c1C#N. The maximum Gasteiger partial charge on any atom is 0.247 e. The number of rotatable bonds is 2. The lowest BCUT2D eigenvalue weighted by molar-refractivity contribution is -0.116. The Morgan fingerprint density at radius 3 is 2.86 bits per heavy atom. The van der Waals surface area contributed by atoms with Gasteiger partial charge >= 0.3 is 0 Å². The van der Waals surface area contributed by atoms with E-state index in [2.05, 4.69) is 16.7 Å². The van der Waals surface area contributed by atoms with Crippen LogP contribution in [0.1, 0.15) is 16.7 Å². The first kappa shape index (κ1) is 13.2. The molecule has 1 aliphatic rings. The van der Waals surface area contributed by atoms with Gasteiger partial charge in [0.1, 0.15) is 12.1 Å². The van der Waals surface area contributed by atoms with E-state index in [9.17, 15) is 10.1 Å². The summed E-state index contributed by atoms with van der Waals surface area (Å²) >= 11 is 0. The van der Waals surface area contributed by atoms with Crippen molar-refractivity contribution in [2.24, 2.45) is 0 Å². The molecule has 0 saturated heterocycles. The Morgan fingerprint density at radius 1 is 1.29 bits per heavy atom. The summed E-state index contributed by atoms with van der Waals surface area (Å²) in [5.74, 6) is -0.117. The third-order valence-electron chi connectivity index (χ3n) is 3.73. The minimum absolute atomic E-state index is 0.117. The van der Waals surface area contributed by atoms with E-state index in [1.54, 1.807) is 6.07 Å². The van der Waals surface area contributed by atoms with Crippen LogP contribution in [0.15, 0.2) is 42.5 Å². The third kappa shape index (κ3) is 2.46. The van der Waals surface area contributed by atoms with Crippen molar-refractivity contribution in [3.05, 3.63) is 59.2 Å². The number of hydrogen-bond acceptors (Lipinski definition) is 3. The Morgan fingerprint density at radius 2 is 2.10 bits per heavy atom. The number of nitrogens with zero attached hydrogens (tertiary/aromatic N) is 1. The highest BCUT2D eigenvalue weighted by molar-refractivity contribution is 5.99. The highest BCUT2D eigenvalue weighted by atomic mass is 16.2. The molecule has 2 N–H and O–H groups in total. The first-order valence-electron chi connectivity index (χ1n) is 6.84. The van der Waals surface area contributed by atoms with Crippen molar-refractivity contribution in [3.8, 4) is 6.07 Å². The number of benzene rings is 2. The second-order valence-corrected chi connectivity index (χ2v) is 5.16. The summed E-state index contributed by atoms with van der Waals surface area (Å²) in [7, 11) is 0. The van der Waals surface area contributed by atoms with Crippen LogP contribution in [-0.2, 0) is 11.2 Å². The molecule has 0 fully saturated rings. The smallest absolute Gasteiger partial charge is 0.247 e. The number of para-hydroxylation sites is 1. The molecule has 4 heteroatoms. The zero-order valence-corrected chi connectivity index (χ0v) is 11.7. The van der Waals surface area contributed by atoms with Crippen LogP contribution in [0, 0.1) is 18.3 Å². The molecule has 3 rings (SSSR count). The minimum Gasteiger partial charge on any atom is -0.373 e. The summed E-state index contributed by atoms with van der Waals surface area (Å²) in [6, 6.07) is 15.2. The van der Waals surface area contributed by atoms with Crippen LogP contribution in [-0.4, -0.2) is 11.9 Å². The highest BCUT2D eigenvalue weighted by Crippen LogP contribution is 2.26. The number of carbonyl (C=O) groups excluding carboxylic acids is 1. The van der Waals surface area contributed by atoms with Gasteiger partial charge in [-0.3, -0.25) is 4.79 Å². The predicted octanol–water partition coefficient (Wildman–Crippen LogP) is 2.84. The zero-order valence-electron chi connectivity index (χ0n) is 11.7. The number of amides is 1. The maximum absolute atomic E-state index is 12.4. The molecule has 104 valence electrons. The number of anilines is 2. The van der Waals surface area contributed by atoms with Crippen LogP contribution in [0.2, 0.25) is 0 Å². The van der Waals surface area contributed by atoms with Crippen LogP contribution in [0.5, 0.6) is 0 Å². The Hall–Kier alpha value is -2.80. The quantitative estimate of drug-likeness (QED) is 0.887. The van der Waals surface area contributed by atoms with E-state index in [-0.39, 0.29) is 11.9 Å². The van der Waals surface area contributed by atoms with Gasteiger partial charge in [0.2, 0.25) is 5.91 Å². The molecule has 0 aliphatic carbocycles. The summed E-state index contributed by atoms with van der Waals surface area (Å²) in [6.45, 7) is 1.86. The Balaban J connectivity index is 1.78. The van der Waals surface area contributed by atoms with Crippen molar-refractivity contribution in [3.63, 3.8) is 0 Å². The number of nitriles is 1. The molecule has 2 aromatic carbocycles. The Labute approximate surface area is 123 Å². The third-order valence-corrected chi connectivity index (χ3v) is 3.73. The van der Waals surface area contributed by atoms with Gasteiger partial charge in [-0.05, 0) is 30.2 Å². The van der Waals surface area contributed by atoms with Gasteiger partial charge < -0.3 is 10.6 Å². The summed E-state index contributed by atoms with van der Waals surface area (Å²) in [6.07, 6.45) is 0.662. The fourth-order valence-corrected chi connectivity index (χ4v) is 2.60. The van der Waals surface area contributed by atoms with E-state index in [0.717, 1.165) is 16.8 Å². The summed E-state index contributed by atoms with van der Waals surface area (Å²) in [4.78, 5) is 12.4. The van der Waals surface area contributed by atoms with Crippen molar-refractivity contribution in [2.75, 3.05) is 10.6 Å². The van der Waals surface area contributed by atoms with Crippen LogP contribution >= 0.6 is 0 Å². The Kier molecular flexibility index (Phi) is 3.33. The molecule has 1 atom stereocenters. The van der Waals surface area contributed by atoms with Crippen molar-refractivity contribution in [1.29, 1.82) is 5.26 Å². The van der Waals surface area contributed by atoms with Crippen LogP contribution in [0.4, 0.5) is 11.4 Å². The van der Waals surface area contributed by atoms with Crippen LogP contribution in [0.25, 0.3) is 0 Å². The van der Waals surface area contributed by atoms with Gasteiger partial charge in [-0.1, -0.05) is 30.3 Å². The van der Waals surface area contributed by atoms with E-state index in [4.69, 9.17) is 0 Å². The van der Waals surface area contributed by atoms with Crippen molar-refractivity contribution in [1.82, 2.24) is 0 Å². The molecule has 1 heterocycles. The lowest BCUT2D eigenvalue weighted by Crippen LogP contribution is -2.33. The molecule has 0 radical (unpaired) electrons. The molecule has 0 aromatic heterocycles. The molecule has 4 nitrogen and oxygen atoms in total. The van der Waals surface area contributed by atoms with Gasteiger partial charge in [-0.2, -0.15) is 5.26 Å². The standard InChI is InChI=1S/C17H15N3O/c1-11-5-4-8-15(13(11)10-18)20-17(21)16-9-12-6-2-3-7-14(12)19-16/h2-8,16,19H,9H2,1H3,(H,20,21). The molecule has 1 unspecified atom stereocenters. The van der Waals surface area contributed by atoms with E-state index >= 15 is 0 Å². The van der Waals surface area contributed by atoms with Gasteiger partial charge in [0, 0.05) is 12.1 Å². The fourth-order valence-electron chi connectivity index (χ4n) is 2.60. The van der Waals surface area contributed by atoms with Crippen molar-refractivity contribution in [2.45, 2.75) is 19.4 Å². The second kappa shape index (κ2) is 5.29. The van der Waals surface area contributed by atoms with Crippen LogP contribution < -0.4 is 10.6 Å². The number of carbonyl (C=O) groups is 1. The molecular weight excluding hydrogens is 262 g/mol. The van der Waals surface area contributed by atoms with Crippen molar-refractivity contribution < 1.29 is 4.79 Å². The maximum atomic E-state index is 12.4. The number of nitrogens with one attached hydrogen (secondary N) is 2. The van der Waals surface area contributed by atoms with Gasteiger partial charge in [0.25, 0.3) is 0 Å². The molecule has 2 aromatic rings. The van der Waals surface area contributed by atoms with Gasteiger partial charge in [-0.15, -0.1) is 0 Å². The Bertz CT molecular complexity index is 721. The topological polar surface area (TPSA) is 64.9 Å². The average molecular weight is 277 g/mol. The lowest BCUT2D eigenvalue weighted by Gasteiger charge is -2.13. The van der Waals surface area contributed by atoms with E-state index in [0.29, 0.717) is 17.7 Å². The molecule has 21 heavy (non-hydrogen) atoms. The van der Waals surface area contributed by atoms with E-state index in [1.165, 1.54) is 0 Å². The largest absolute Gasteiger partial charge is 0.373 e. The molecule has 0 bridgehead atoms. The van der Waals surface area contributed by atoms with Crippen molar-refractivity contribution >= 4 is 17.3 Å². The first-order chi connectivity index (χ1) is 10.2. The molecular formula is C17H15N3O. The predicted molar refractivity (Wildman–Crippen MR) is 82.1 cm³/mol. The second-order valence-electron chi connectivity index (χ2n) is 5.16. The minimum atomic E-state index is -0.297. The monoisotopic (exact) mass is 277 g/mol. The first-order valence-corrected chi connectivity index (χ1v) is 6.84. The molecule has 0 saturated carbocycles. The van der Waals surface area contributed by atoms with Gasteiger partial charge in [-0.25, -0.2) is 0 Å². The lowest BCUT2D eigenvalue weighted by atomic mass is 10.1. The van der Waals surface area contributed by atoms with Crippen LogP contribution in [0.3, 0.4) is 0 Å². The zero-order chi connectivity index (χ0) is 14.8. The highest BCUT2D eigenvalue weighted by Gasteiger charge is 2.26. The van der Waals surface area contributed by atoms with E-state index in [1.807, 2.05) is 43.3 Å². The van der Waals surface area contributed by atoms with Gasteiger partial charge in [0.15, 0.2) is 0 Å². The summed E-state index contributed by atoms with van der Waals surface area (Å²) in [5.41, 5.74) is 4.09. The summed E-state index contributed by atoms with van der Waals surface area (Å²) in [5, 5.41) is 15.3. The number of hydrogen-bond donors (Lipinski definition) is 2. The summed E-state index contributed by atoms with van der Waals surface area (Å²) < 4.78 is 0. The van der Waals surface area contributed by atoms with E-state index < -0.39 is 0 Å². The fraction of sp³-hybridized carbons (Fsp3) is 0.176. The molecule has 1 aliphatic heterocycles. The number of fused-ring (bicyclic) bond motifs is 1.